The Morgan fingerprint density at radius 1 is 0.268 bits per heavy atom. The Hall–Kier alpha value is -4.37. The van der Waals surface area contributed by atoms with E-state index < -0.39 is 0 Å². The first-order valence-electron chi connectivity index (χ1n) is 12.6. The van der Waals surface area contributed by atoms with Crippen molar-refractivity contribution in [1.29, 1.82) is 0 Å². The molecular weight excluding hydrogens is 536 g/mol. The molecule has 0 aliphatic heterocycles. The molecule has 6 aromatic carbocycles. The standard InChI is InChI=1S/2C18H14O.2CH3.Ti/c2*19-18-16(14-8-3-1-4-9-14)12-7-13-17(18)15-10-5-2-6-11-15;;;/h2*1-13,19H;2*1H3;/q;;2*-1;+2. The second-order valence-corrected chi connectivity index (χ2v) is 8.87. The van der Waals surface area contributed by atoms with Crippen LogP contribution in [0.4, 0.5) is 0 Å². The predicted molar refractivity (Wildman–Crippen MR) is 171 cm³/mol. The molecule has 2 nitrogen and oxygen atoms in total. The summed E-state index contributed by atoms with van der Waals surface area (Å²) in [4.78, 5) is 0. The van der Waals surface area contributed by atoms with Crippen molar-refractivity contribution in [3.63, 3.8) is 0 Å². The second kappa shape index (κ2) is 16.0. The van der Waals surface area contributed by atoms with Crippen LogP contribution in [-0.4, -0.2) is 10.2 Å². The van der Waals surface area contributed by atoms with Gasteiger partial charge in [-0.2, -0.15) is 0 Å². The zero-order valence-corrected chi connectivity index (χ0v) is 25.0. The van der Waals surface area contributed by atoms with E-state index in [1.165, 1.54) is 0 Å². The number of hydrogen-bond donors (Lipinski definition) is 2. The van der Waals surface area contributed by atoms with Gasteiger partial charge in [-0.15, -0.1) is 0 Å². The van der Waals surface area contributed by atoms with Crippen LogP contribution in [-0.2, 0) is 21.7 Å². The van der Waals surface area contributed by atoms with Gasteiger partial charge in [0.15, 0.2) is 0 Å². The van der Waals surface area contributed by atoms with Crippen LogP contribution < -0.4 is 0 Å². The summed E-state index contributed by atoms with van der Waals surface area (Å²) < 4.78 is 0. The van der Waals surface area contributed by atoms with Gasteiger partial charge in [-0.05, 0) is 22.3 Å². The molecule has 0 aliphatic carbocycles. The molecule has 0 amide bonds. The van der Waals surface area contributed by atoms with Crippen LogP contribution in [0.2, 0.25) is 0 Å². The fourth-order valence-electron chi connectivity index (χ4n) is 4.49. The molecule has 6 aromatic rings. The molecule has 0 aromatic heterocycles. The molecule has 0 unspecified atom stereocenters. The Bertz CT molecular complexity index is 1360. The third kappa shape index (κ3) is 7.86. The van der Waals surface area contributed by atoms with E-state index in [0.29, 0.717) is 11.5 Å². The number of hydrogen-bond acceptors (Lipinski definition) is 2. The van der Waals surface area contributed by atoms with E-state index in [4.69, 9.17) is 0 Å². The van der Waals surface area contributed by atoms with E-state index in [9.17, 15) is 10.2 Å². The first-order valence-corrected chi connectivity index (χ1v) is 12.6. The minimum atomic E-state index is 0. The van der Waals surface area contributed by atoms with Crippen molar-refractivity contribution < 1.29 is 31.9 Å². The topological polar surface area (TPSA) is 40.5 Å². The van der Waals surface area contributed by atoms with Crippen LogP contribution in [0.5, 0.6) is 11.5 Å². The van der Waals surface area contributed by atoms with Gasteiger partial charge in [-0.1, -0.05) is 158 Å². The van der Waals surface area contributed by atoms with E-state index in [1.54, 1.807) is 0 Å². The second-order valence-electron chi connectivity index (χ2n) is 8.87. The van der Waals surface area contributed by atoms with Gasteiger partial charge in [0, 0.05) is 22.3 Å². The normalized spacial score (nSPS) is 9.56. The molecular formula is C38H34O2Ti. The van der Waals surface area contributed by atoms with Crippen molar-refractivity contribution in [2.75, 3.05) is 0 Å². The average Bonchev–Trinajstić information content (AvgIpc) is 2.99. The molecule has 0 atom stereocenters. The van der Waals surface area contributed by atoms with Crippen molar-refractivity contribution in [1.82, 2.24) is 0 Å². The van der Waals surface area contributed by atoms with E-state index in [0.717, 1.165) is 44.5 Å². The zero-order valence-electron chi connectivity index (χ0n) is 23.4. The van der Waals surface area contributed by atoms with Crippen LogP contribution in [0.3, 0.4) is 0 Å². The Morgan fingerprint density at radius 2 is 0.463 bits per heavy atom. The summed E-state index contributed by atoms with van der Waals surface area (Å²) in [5, 5.41) is 21.0. The largest absolute Gasteiger partial charge is 2.00 e. The first-order chi connectivity index (χ1) is 18.7. The Kier molecular flexibility index (Phi) is 12.8. The molecule has 6 rings (SSSR count). The van der Waals surface area contributed by atoms with Gasteiger partial charge in [0.1, 0.15) is 11.5 Å². The minimum absolute atomic E-state index is 0. The van der Waals surface area contributed by atoms with Crippen LogP contribution in [0.15, 0.2) is 158 Å². The summed E-state index contributed by atoms with van der Waals surface area (Å²) in [5.41, 5.74) is 7.55. The number of para-hydroxylation sites is 2. The summed E-state index contributed by atoms with van der Waals surface area (Å²) in [6.07, 6.45) is 0. The SMILES string of the molecule is Oc1c(-c2ccccc2)cccc1-c1ccccc1.Oc1c(-c2ccccc2)cccc1-c1ccccc1.[CH3-].[CH3-].[Ti+2]. The third-order valence-electron chi connectivity index (χ3n) is 6.41. The first kappa shape index (κ1) is 32.8. The van der Waals surface area contributed by atoms with E-state index in [-0.39, 0.29) is 36.6 Å². The molecule has 0 heterocycles. The van der Waals surface area contributed by atoms with Crippen LogP contribution in [0, 0.1) is 14.9 Å². The molecule has 0 saturated carbocycles. The molecule has 2 N–H and O–H groups in total. The monoisotopic (exact) mass is 570 g/mol. The maximum Gasteiger partial charge on any atom is 2.00 e. The van der Waals surface area contributed by atoms with Crippen molar-refractivity contribution in [2.24, 2.45) is 0 Å². The molecule has 0 fully saturated rings. The maximum atomic E-state index is 10.5. The van der Waals surface area contributed by atoms with Crippen molar-refractivity contribution in [3.05, 3.63) is 173 Å². The summed E-state index contributed by atoms with van der Waals surface area (Å²) >= 11 is 0. The van der Waals surface area contributed by atoms with Crippen molar-refractivity contribution in [2.45, 2.75) is 0 Å². The molecule has 0 radical (unpaired) electrons. The van der Waals surface area contributed by atoms with Crippen molar-refractivity contribution >= 4 is 0 Å². The summed E-state index contributed by atoms with van der Waals surface area (Å²) in [5.74, 6) is 0.666. The minimum Gasteiger partial charge on any atom is -0.507 e. The molecule has 202 valence electrons. The number of phenolic OH excluding ortho intramolecular Hbond substituents is 2. The fraction of sp³-hybridized carbons (Fsp3) is 0. The number of phenols is 2. The molecule has 0 saturated heterocycles. The van der Waals surface area contributed by atoms with Gasteiger partial charge in [0.2, 0.25) is 0 Å². The summed E-state index contributed by atoms with van der Waals surface area (Å²) in [6.45, 7) is 0. The Morgan fingerprint density at radius 3 is 0.659 bits per heavy atom. The number of rotatable bonds is 4. The third-order valence-corrected chi connectivity index (χ3v) is 6.41. The van der Waals surface area contributed by atoms with Crippen LogP contribution in [0.25, 0.3) is 44.5 Å². The summed E-state index contributed by atoms with van der Waals surface area (Å²) in [7, 11) is 0. The maximum absolute atomic E-state index is 10.5. The molecule has 41 heavy (non-hydrogen) atoms. The molecule has 0 bridgehead atoms. The summed E-state index contributed by atoms with van der Waals surface area (Å²) in [6, 6.07) is 51.5. The van der Waals surface area contributed by atoms with Gasteiger partial charge in [0.05, 0.1) is 0 Å². The predicted octanol–water partition coefficient (Wildman–Crippen LogP) is 10.4. The average molecular weight is 571 g/mol. The van der Waals surface area contributed by atoms with E-state index >= 15 is 0 Å². The van der Waals surface area contributed by atoms with Crippen LogP contribution in [0.1, 0.15) is 0 Å². The van der Waals surface area contributed by atoms with Gasteiger partial charge in [0.25, 0.3) is 0 Å². The van der Waals surface area contributed by atoms with Crippen molar-refractivity contribution in [3.8, 4) is 56.0 Å². The van der Waals surface area contributed by atoms with Gasteiger partial charge in [-0.3, -0.25) is 0 Å². The fourth-order valence-corrected chi connectivity index (χ4v) is 4.49. The molecule has 3 heteroatoms. The van der Waals surface area contributed by atoms with Gasteiger partial charge < -0.3 is 25.1 Å². The molecule has 0 spiro atoms. The molecule has 0 aliphatic rings. The number of benzene rings is 6. The smallest absolute Gasteiger partial charge is 0.507 e. The Labute approximate surface area is 259 Å². The van der Waals surface area contributed by atoms with Gasteiger partial charge in [-0.25, -0.2) is 0 Å². The zero-order chi connectivity index (χ0) is 26.2. The quantitative estimate of drug-likeness (QED) is 0.164. The number of aromatic hydroxyl groups is 2. The Balaban J connectivity index is 0.000000267. The van der Waals surface area contributed by atoms with Crippen LogP contribution >= 0.6 is 0 Å². The van der Waals surface area contributed by atoms with E-state index in [1.807, 2.05) is 158 Å². The van der Waals surface area contributed by atoms with Gasteiger partial charge >= 0.3 is 21.7 Å². The van der Waals surface area contributed by atoms with E-state index in [2.05, 4.69) is 0 Å².